The standard InChI is InChI=1S/C20H23N3O4S2/c24-18(12-28-13-19(25)23-6-2-1-3-7-23)22-20-21-15(11-29-20)14-4-5-16-17(10-14)27-9-8-26-16/h4-5,10-11H,1-3,6-9,12-13H2,(H,21,22,24). The van der Waals surface area contributed by atoms with E-state index in [9.17, 15) is 9.59 Å². The van der Waals surface area contributed by atoms with Crippen LogP contribution in [0.1, 0.15) is 19.3 Å². The van der Waals surface area contributed by atoms with Gasteiger partial charge in [-0.15, -0.1) is 23.1 Å². The number of rotatable bonds is 6. The zero-order valence-corrected chi connectivity index (χ0v) is 17.7. The lowest BCUT2D eigenvalue weighted by Gasteiger charge is -2.26. The number of ether oxygens (including phenoxy) is 2. The molecule has 4 rings (SSSR count). The molecule has 2 aliphatic heterocycles. The maximum Gasteiger partial charge on any atom is 0.236 e. The van der Waals surface area contributed by atoms with Crippen molar-refractivity contribution in [2.24, 2.45) is 0 Å². The quantitative estimate of drug-likeness (QED) is 0.753. The Hall–Kier alpha value is -2.26. The molecule has 1 fully saturated rings. The molecule has 1 aromatic heterocycles. The van der Waals surface area contributed by atoms with Crippen molar-refractivity contribution >= 4 is 40.0 Å². The van der Waals surface area contributed by atoms with Crippen LogP contribution in [-0.4, -0.2) is 59.5 Å². The first-order chi connectivity index (χ1) is 14.2. The molecule has 1 saturated heterocycles. The molecule has 2 aliphatic rings. The van der Waals surface area contributed by atoms with E-state index in [1.54, 1.807) is 0 Å². The highest BCUT2D eigenvalue weighted by molar-refractivity contribution is 8.00. The van der Waals surface area contributed by atoms with E-state index in [0.29, 0.717) is 29.8 Å². The molecule has 0 radical (unpaired) electrons. The Morgan fingerprint density at radius 3 is 2.72 bits per heavy atom. The number of hydrogen-bond donors (Lipinski definition) is 1. The van der Waals surface area contributed by atoms with E-state index in [4.69, 9.17) is 9.47 Å². The lowest BCUT2D eigenvalue weighted by atomic mass is 10.1. The topological polar surface area (TPSA) is 80.8 Å². The van der Waals surface area contributed by atoms with Crippen LogP contribution in [-0.2, 0) is 9.59 Å². The third-order valence-electron chi connectivity index (χ3n) is 4.76. The fourth-order valence-corrected chi connectivity index (χ4v) is 4.74. The van der Waals surface area contributed by atoms with Crippen LogP contribution in [0.15, 0.2) is 23.6 Å². The fraction of sp³-hybridized carbons (Fsp3) is 0.450. The predicted octanol–water partition coefficient (Wildman–Crippen LogP) is 3.27. The van der Waals surface area contributed by atoms with E-state index in [1.807, 2.05) is 28.5 Å². The van der Waals surface area contributed by atoms with Gasteiger partial charge in [-0.2, -0.15) is 0 Å². The van der Waals surface area contributed by atoms with Gasteiger partial charge in [0.25, 0.3) is 0 Å². The molecule has 7 nitrogen and oxygen atoms in total. The van der Waals surface area contributed by atoms with Crippen LogP contribution in [0.4, 0.5) is 5.13 Å². The van der Waals surface area contributed by atoms with Crippen LogP contribution in [0.3, 0.4) is 0 Å². The molecule has 0 unspecified atom stereocenters. The van der Waals surface area contributed by atoms with E-state index < -0.39 is 0 Å². The average molecular weight is 434 g/mol. The minimum absolute atomic E-state index is 0.123. The maximum absolute atomic E-state index is 12.2. The normalized spacial score (nSPS) is 15.8. The van der Waals surface area contributed by atoms with Gasteiger partial charge >= 0.3 is 0 Å². The van der Waals surface area contributed by atoms with Crippen LogP contribution in [0.2, 0.25) is 0 Å². The second kappa shape index (κ2) is 9.49. The number of thioether (sulfide) groups is 1. The van der Waals surface area contributed by atoms with Crippen LogP contribution in [0.5, 0.6) is 11.5 Å². The largest absolute Gasteiger partial charge is 0.486 e. The molecule has 154 valence electrons. The summed E-state index contributed by atoms with van der Waals surface area (Å²) in [6.45, 7) is 2.77. The monoisotopic (exact) mass is 433 g/mol. The van der Waals surface area contributed by atoms with Gasteiger partial charge in [-0.1, -0.05) is 0 Å². The molecule has 3 heterocycles. The number of thiazole rings is 1. The summed E-state index contributed by atoms with van der Waals surface area (Å²) in [6.07, 6.45) is 3.35. The fourth-order valence-electron chi connectivity index (χ4n) is 3.29. The number of amides is 2. The number of nitrogens with one attached hydrogen (secondary N) is 1. The third-order valence-corrected chi connectivity index (χ3v) is 6.43. The minimum Gasteiger partial charge on any atom is -0.486 e. The summed E-state index contributed by atoms with van der Waals surface area (Å²) in [5.74, 6) is 2.00. The van der Waals surface area contributed by atoms with E-state index in [-0.39, 0.29) is 17.6 Å². The molecule has 2 amide bonds. The average Bonchev–Trinajstić information content (AvgIpc) is 3.22. The first-order valence-corrected chi connectivity index (χ1v) is 11.7. The molecular formula is C20H23N3O4S2. The number of hydrogen-bond acceptors (Lipinski definition) is 7. The van der Waals surface area contributed by atoms with Gasteiger partial charge in [0.2, 0.25) is 11.8 Å². The summed E-state index contributed by atoms with van der Waals surface area (Å²) in [5.41, 5.74) is 1.68. The summed E-state index contributed by atoms with van der Waals surface area (Å²) >= 11 is 2.72. The SMILES string of the molecule is O=C(CSCC(=O)N1CCCCC1)Nc1nc(-c2ccc3c(c2)OCCO3)cs1. The second-order valence-electron chi connectivity index (χ2n) is 6.88. The maximum atomic E-state index is 12.2. The summed E-state index contributed by atoms with van der Waals surface area (Å²) in [7, 11) is 0. The van der Waals surface area contributed by atoms with Gasteiger partial charge in [-0.05, 0) is 37.5 Å². The zero-order valence-electron chi connectivity index (χ0n) is 16.0. The number of piperidine rings is 1. The lowest BCUT2D eigenvalue weighted by Crippen LogP contribution is -2.37. The Morgan fingerprint density at radius 2 is 1.90 bits per heavy atom. The van der Waals surface area contributed by atoms with Crippen LogP contribution < -0.4 is 14.8 Å². The molecule has 0 bridgehead atoms. The molecule has 0 aliphatic carbocycles. The van der Waals surface area contributed by atoms with Gasteiger partial charge in [0.05, 0.1) is 17.2 Å². The Morgan fingerprint density at radius 1 is 1.10 bits per heavy atom. The Balaban J connectivity index is 1.26. The van der Waals surface area contributed by atoms with E-state index >= 15 is 0 Å². The Bertz CT molecular complexity index is 880. The van der Waals surface area contributed by atoms with Crippen molar-refractivity contribution in [3.63, 3.8) is 0 Å². The highest BCUT2D eigenvalue weighted by atomic mass is 32.2. The van der Waals surface area contributed by atoms with Crippen molar-refractivity contribution in [3.8, 4) is 22.8 Å². The number of benzene rings is 1. The van der Waals surface area contributed by atoms with Crippen molar-refractivity contribution in [2.45, 2.75) is 19.3 Å². The van der Waals surface area contributed by atoms with E-state index in [0.717, 1.165) is 42.9 Å². The highest BCUT2D eigenvalue weighted by Crippen LogP contribution is 2.35. The van der Waals surface area contributed by atoms with Crippen LogP contribution in [0.25, 0.3) is 11.3 Å². The lowest BCUT2D eigenvalue weighted by molar-refractivity contribution is -0.129. The van der Waals surface area contributed by atoms with Gasteiger partial charge in [0.15, 0.2) is 16.6 Å². The second-order valence-corrected chi connectivity index (χ2v) is 8.72. The third kappa shape index (κ3) is 5.22. The first kappa shape index (κ1) is 20.0. The van der Waals surface area contributed by atoms with Crippen molar-refractivity contribution < 1.29 is 19.1 Å². The van der Waals surface area contributed by atoms with Crippen molar-refractivity contribution in [2.75, 3.05) is 43.1 Å². The molecule has 1 N–H and O–H groups in total. The number of carbonyl (C=O) groups is 2. The van der Waals surface area contributed by atoms with Gasteiger partial charge in [0, 0.05) is 24.0 Å². The first-order valence-electron chi connectivity index (χ1n) is 9.70. The summed E-state index contributed by atoms with van der Waals surface area (Å²) < 4.78 is 11.1. The number of anilines is 1. The molecule has 0 atom stereocenters. The van der Waals surface area contributed by atoms with Crippen LogP contribution in [0, 0.1) is 0 Å². The van der Waals surface area contributed by atoms with Gasteiger partial charge < -0.3 is 19.7 Å². The Labute approximate surface area is 177 Å². The molecule has 29 heavy (non-hydrogen) atoms. The highest BCUT2D eigenvalue weighted by Gasteiger charge is 2.17. The number of carbonyl (C=O) groups excluding carboxylic acids is 2. The molecule has 9 heteroatoms. The molecule has 1 aromatic carbocycles. The number of nitrogens with zero attached hydrogens (tertiary/aromatic N) is 2. The van der Waals surface area contributed by atoms with Crippen LogP contribution >= 0.6 is 23.1 Å². The minimum atomic E-state index is -0.149. The van der Waals surface area contributed by atoms with Gasteiger partial charge in [-0.25, -0.2) is 4.98 Å². The summed E-state index contributed by atoms with van der Waals surface area (Å²) in [5, 5.41) is 5.26. The van der Waals surface area contributed by atoms with Gasteiger partial charge in [0.1, 0.15) is 13.2 Å². The number of fused-ring (bicyclic) bond motifs is 1. The van der Waals surface area contributed by atoms with Crippen molar-refractivity contribution in [1.29, 1.82) is 0 Å². The number of aromatic nitrogens is 1. The van der Waals surface area contributed by atoms with E-state index in [1.165, 1.54) is 29.5 Å². The smallest absolute Gasteiger partial charge is 0.236 e. The molecule has 2 aromatic rings. The summed E-state index contributed by atoms with van der Waals surface area (Å²) in [6, 6.07) is 5.70. The summed E-state index contributed by atoms with van der Waals surface area (Å²) in [4.78, 5) is 30.7. The van der Waals surface area contributed by atoms with Gasteiger partial charge in [-0.3, -0.25) is 9.59 Å². The molecule has 0 saturated carbocycles. The van der Waals surface area contributed by atoms with E-state index in [2.05, 4.69) is 10.3 Å². The van der Waals surface area contributed by atoms with Crippen molar-refractivity contribution in [1.82, 2.24) is 9.88 Å². The Kier molecular flexibility index (Phi) is 6.56. The molecule has 0 spiro atoms. The predicted molar refractivity (Wildman–Crippen MR) is 115 cm³/mol. The number of likely N-dealkylation sites (tertiary alicyclic amines) is 1. The van der Waals surface area contributed by atoms with Crippen molar-refractivity contribution in [3.05, 3.63) is 23.6 Å². The molecular weight excluding hydrogens is 410 g/mol. The zero-order chi connectivity index (χ0) is 20.1.